The molecule has 5 nitrogen and oxygen atoms in total. The van der Waals surface area contributed by atoms with E-state index in [1.807, 2.05) is 46.4 Å². The Hall–Kier alpha value is -1.60. The Morgan fingerprint density at radius 2 is 1.87 bits per heavy atom. The average molecular weight is 447 g/mol. The third kappa shape index (κ3) is 4.99. The summed E-state index contributed by atoms with van der Waals surface area (Å²) in [5.74, 6) is 2.31. The van der Waals surface area contributed by atoms with Crippen molar-refractivity contribution in [3.8, 4) is 0 Å². The van der Waals surface area contributed by atoms with Gasteiger partial charge in [0.25, 0.3) is 5.91 Å². The molecule has 1 fully saturated rings. The molecule has 1 atom stereocenters. The van der Waals surface area contributed by atoms with Gasteiger partial charge in [-0.3, -0.25) is 9.48 Å². The van der Waals surface area contributed by atoms with Crippen LogP contribution in [0.15, 0.2) is 30.3 Å². The van der Waals surface area contributed by atoms with E-state index in [0.717, 1.165) is 42.1 Å². The van der Waals surface area contributed by atoms with Crippen LogP contribution in [0.3, 0.4) is 0 Å². The summed E-state index contributed by atoms with van der Waals surface area (Å²) in [6, 6.07) is 10.4. The predicted molar refractivity (Wildman–Crippen MR) is 130 cm³/mol. The van der Waals surface area contributed by atoms with E-state index in [0.29, 0.717) is 22.5 Å². The van der Waals surface area contributed by atoms with Crippen LogP contribution >= 0.6 is 23.5 Å². The molecule has 0 spiro atoms. The average Bonchev–Trinajstić information content (AvgIpc) is 3.33. The Morgan fingerprint density at radius 3 is 2.47 bits per heavy atom. The van der Waals surface area contributed by atoms with Crippen molar-refractivity contribution in [2.75, 3.05) is 23.8 Å². The Kier molecular flexibility index (Phi) is 8.17. The van der Waals surface area contributed by atoms with Gasteiger partial charge in [-0.2, -0.15) is 5.10 Å². The van der Waals surface area contributed by atoms with Crippen molar-refractivity contribution in [2.24, 2.45) is 0 Å². The van der Waals surface area contributed by atoms with Crippen molar-refractivity contribution < 1.29 is 4.79 Å². The van der Waals surface area contributed by atoms with Crippen LogP contribution in [-0.4, -0.2) is 49.3 Å². The summed E-state index contributed by atoms with van der Waals surface area (Å²) >= 11 is 3.90. The molecule has 0 unspecified atom stereocenters. The first-order valence-electron chi connectivity index (χ1n) is 10.9. The number of thioether (sulfide) groups is 2. The van der Waals surface area contributed by atoms with Crippen LogP contribution in [0.2, 0.25) is 0 Å². The highest BCUT2D eigenvalue weighted by Gasteiger charge is 2.38. The Labute approximate surface area is 189 Å². The topological polar surface area (TPSA) is 64.2 Å². The van der Waals surface area contributed by atoms with E-state index in [1.54, 1.807) is 0 Å². The zero-order valence-corrected chi connectivity index (χ0v) is 20.1. The van der Waals surface area contributed by atoms with E-state index in [4.69, 9.17) is 10.8 Å². The number of carbonyl (C=O) groups is 1. The molecule has 164 valence electrons. The number of nitrogens with zero attached hydrogens (tertiary/aromatic N) is 3. The van der Waals surface area contributed by atoms with Gasteiger partial charge < -0.3 is 10.6 Å². The van der Waals surface area contributed by atoms with Crippen LogP contribution < -0.4 is 5.73 Å². The molecule has 0 saturated carbocycles. The molecule has 1 aliphatic heterocycles. The van der Waals surface area contributed by atoms with E-state index in [2.05, 4.69) is 44.7 Å². The van der Waals surface area contributed by atoms with Gasteiger partial charge in [0.05, 0.1) is 28.5 Å². The van der Waals surface area contributed by atoms with Gasteiger partial charge in [0.15, 0.2) is 0 Å². The summed E-state index contributed by atoms with van der Waals surface area (Å²) in [6.45, 7) is 9.87. The van der Waals surface area contributed by atoms with E-state index >= 15 is 0 Å². The molecule has 30 heavy (non-hydrogen) atoms. The lowest BCUT2D eigenvalue weighted by Crippen LogP contribution is -2.41. The summed E-state index contributed by atoms with van der Waals surface area (Å²) in [7, 11) is 0. The van der Waals surface area contributed by atoms with E-state index in [1.165, 1.54) is 0 Å². The van der Waals surface area contributed by atoms with E-state index in [-0.39, 0.29) is 17.9 Å². The maximum atomic E-state index is 13.8. The van der Waals surface area contributed by atoms with Gasteiger partial charge in [-0.05, 0) is 35.8 Å². The van der Waals surface area contributed by atoms with Gasteiger partial charge in [0, 0.05) is 6.54 Å². The number of amides is 1. The molecular formula is C23H34N4OS2. The fraction of sp³-hybridized carbons (Fsp3) is 0.565. The van der Waals surface area contributed by atoms with Crippen molar-refractivity contribution in [1.29, 1.82) is 0 Å². The van der Waals surface area contributed by atoms with Crippen LogP contribution in [0.25, 0.3) is 0 Å². The molecule has 0 aliphatic carbocycles. The summed E-state index contributed by atoms with van der Waals surface area (Å²) in [6.07, 6.45) is 2.10. The summed E-state index contributed by atoms with van der Waals surface area (Å²) in [4.78, 5) is 15.9. The fourth-order valence-corrected chi connectivity index (χ4v) is 6.95. The molecule has 1 aromatic heterocycles. The van der Waals surface area contributed by atoms with Gasteiger partial charge >= 0.3 is 0 Å². The maximum Gasteiger partial charge on any atom is 0.274 e. The number of aromatic nitrogens is 2. The highest BCUT2D eigenvalue weighted by Crippen LogP contribution is 2.36. The lowest BCUT2D eigenvalue weighted by atomic mass is 10.1. The molecule has 0 bridgehead atoms. The van der Waals surface area contributed by atoms with Crippen molar-refractivity contribution in [2.45, 2.75) is 63.6 Å². The number of benzene rings is 1. The third-order valence-electron chi connectivity index (χ3n) is 5.48. The summed E-state index contributed by atoms with van der Waals surface area (Å²) in [5, 5.41) is 4.77. The summed E-state index contributed by atoms with van der Waals surface area (Å²) in [5.41, 5.74) is 9.54. The van der Waals surface area contributed by atoms with Crippen LogP contribution in [0.1, 0.15) is 68.2 Å². The second kappa shape index (κ2) is 10.6. The predicted octanol–water partition coefficient (Wildman–Crippen LogP) is 5.07. The van der Waals surface area contributed by atoms with Crippen molar-refractivity contribution in [1.82, 2.24) is 14.7 Å². The van der Waals surface area contributed by atoms with Gasteiger partial charge in [-0.25, -0.2) is 0 Å². The quantitative estimate of drug-likeness (QED) is 0.545. The lowest BCUT2D eigenvalue weighted by molar-refractivity contribution is 0.0735. The first-order valence-corrected chi connectivity index (χ1v) is 13.0. The SMILES string of the molecule is CCSC(SCC)[C@@H]1CCCN1C(=O)c1c(N)c(C(C)C)nn1Cc1ccccc1. The van der Waals surface area contributed by atoms with Crippen LogP contribution in [0, 0.1) is 0 Å². The highest BCUT2D eigenvalue weighted by atomic mass is 32.2. The molecule has 1 amide bonds. The standard InChI is InChI=1S/C23H34N4OS2/c1-5-29-23(30-6-2)18-13-10-14-26(18)22(28)21-19(24)20(16(3)4)25-27(21)15-17-11-8-7-9-12-17/h7-9,11-12,16,18,23H,5-6,10,13-15,24H2,1-4H3/t18-/m0/s1. The number of nitrogen functional groups attached to an aromatic ring is 1. The number of anilines is 1. The third-order valence-corrected chi connectivity index (χ3v) is 8.25. The highest BCUT2D eigenvalue weighted by molar-refractivity contribution is 8.17. The fourth-order valence-electron chi connectivity index (χ4n) is 4.08. The van der Waals surface area contributed by atoms with E-state index in [9.17, 15) is 4.79 Å². The molecule has 1 aliphatic rings. The first-order chi connectivity index (χ1) is 14.5. The smallest absolute Gasteiger partial charge is 0.274 e. The molecule has 1 aromatic carbocycles. The van der Waals surface area contributed by atoms with Crippen molar-refractivity contribution in [3.63, 3.8) is 0 Å². The molecule has 7 heteroatoms. The molecule has 2 heterocycles. The molecule has 0 radical (unpaired) electrons. The molecular weight excluding hydrogens is 412 g/mol. The van der Waals surface area contributed by atoms with Gasteiger partial charge in [0.1, 0.15) is 5.69 Å². The van der Waals surface area contributed by atoms with Gasteiger partial charge in [0.2, 0.25) is 0 Å². The minimum Gasteiger partial charge on any atom is -0.395 e. The Bertz CT molecular complexity index is 831. The van der Waals surface area contributed by atoms with Crippen molar-refractivity contribution in [3.05, 3.63) is 47.3 Å². The zero-order chi connectivity index (χ0) is 21.7. The molecule has 1 saturated heterocycles. The minimum atomic E-state index is 0.0312. The Balaban J connectivity index is 1.95. The van der Waals surface area contributed by atoms with Crippen LogP contribution in [-0.2, 0) is 6.54 Å². The number of likely N-dealkylation sites (tertiary alicyclic amines) is 1. The number of nitrogens with two attached hydrogens (primary N) is 1. The molecule has 2 aromatic rings. The van der Waals surface area contributed by atoms with Gasteiger partial charge in [-0.15, -0.1) is 23.5 Å². The monoisotopic (exact) mass is 446 g/mol. The molecule has 3 rings (SSSR count). The zero-order valence-electron chi connectivity index (χ0n) is 18.5. The second-order valence-electron chi connectivity index (χ2n) is 7.93. The Morgan fingerprint density at radius 1 is 1.20 bits per heavy atom. The number of carbonyl (C=O) groups excluding carboxylic acids is 1. The van der Waals surface area contributed by atoms with Gasteiger partial charge in [-0.1, -0.05) is 58.0 Å². The lowest BCUT2D eigenvalue weighted by Gasteiger charge is -2.31. The second-order valence-corrected chi connectivity index (χ2v) is 11.1. The number of hydrogen-bond acceptors (Lipinski definition) is 5. The largest absolute Gasteiger partial charge is 0.395 e. The minimum absolute atomic E-state index is 0.0312. The summed E-state index contributed by atoms with van der Waals surface area (Å²) < 4.78 is 2.23. The first kappa shape index (κ1) is 23.1. The number of hydrogen-bond donors (Lipinski definition) is 1. The van der Waals surface area contributed by atoms with E-state index < -0.39 is 0 Å². The number of rotatable bonds is 9. The maximum absolute atomic E-state index is 13.8. The van der Waals surface area contributed by atoms with Crippen LogP contribution in [0.4, 0.5) is 5.69 Å². The molecule has 2 N–H and O–H groups in total. The van der Waals surface area contributed by atoms with Crippen molar-refractivity contribution >= 4 is 35.1 Å². The normalized spacial score (nSPS) is 16.7. The van der Waals surface area contributed by atoms with Crippen LogP contribution in [0.5, 0.6) is 0 Å².